The molecule has 7 nitrogen and oxygen atoms in total. The van der Waals surface area contributed by atoms with Crippen molar-refractivity contribution in [2.75, 3.05) is 23.3 Å². The predicted octanol–water partition coefficient (Wildman–Crippen LogP) is 4.97. The number of carboxylic acid groups (broad SMARTS) is 1. The van der Waals surface area contributed by atoms with Crippen molar-refractivity contribution in [2.45, 2.75) is 37.5 Å². The van der Waals surface area contributed by atoms with Crippen molar-refractivity contribution in [1.82, 2.24) is 10.3 Å². The zero-order chi connectivity index (χ0) is 27.2. The number of amides is 1. The van der Waals surface area contributed by atoms with Crippen LogP contribution in [0.3, 0.4) is 0 Å². The zero-order valence-corrected chi connectivity index (χ0v) is 20.3. The van der Waals surface area contributed by atoms with Gasteiger partial charge in [0.1, 0.15) is 11.6 Å². The van der Waals surface area contributed by atoms with E-state index in [1.54, 1.807) is 30.0 Å². The summed E-state index contributed by atoms with van der Waals surface area (Å²) in [5.41, 5.74) is 0.251. The Hall–Kier alpha value is -4.15. The first-order valence-corrected chi connectivity index (χ1v) is 12.0. The molecule has 11 heteroatoms. The molecule has 1 aromatic heterocycles. The summed E-state index contributed by atoms with van der Waals surface area (Å²) in [7, 11) is 0. The van der Waals surface area contributed by atoms with Crippen molar-refractivity contribution >= 4 is 23.4 Å². The summed E-state index contributed by atoms with van der Waals surface area (Å²) in [6.07, 6.45) is -2.82. The van der Waals surface area contributed by atoms with Crippen LogP contribution in [-0.4, -0.2) is 41.1 Å². The van der Waals surface area contributed by atoms with E-state index in [2.05, 4.69) is 15.6 Å². The van der Waals surface area contributed by atoms with Crippen LogP contribution in [0.15, 0.2) is 54.7 Å². The lowest BCUT2D eigenvalue weighted by Gasteiger charge is -2.42. The number of carbonyl (C=O) groups excluding carboxylic acids is 1. The number of alkyl halides is 3. The molecule has 1 saturated carbocycles. The molecule has 198 valence electrons. The first-order chi connectivity index (χ1) is 17.9. The molecule has 0 radical (unpaired) electrons. The molecule has 1 saturated heterocycles. The number of rotatable bonds is 7. The van der Waals surface area contributed by atoms with Gasteiger partial charge in [-0.1, -0.05) is 12.1 Å². The molecule has 3 aromatic rings. The van der Waals surface area contributed by atoms with Gasteiger partial charge in [0.15, 0.2) is 0 Å². The van der Waals surface area contributed by atoms with E-state index in [4.69, 9.17) is 5.11 Å². The summed E-state index contributed by atoms with van der Waals surface area (Å²) < 4.78 is 53.8. The Bertz CT molecular complexity index is 1400. The lowest BCUT2D eigenvalue weighted by atomic mass is 10.0. The van der Waals surface area contributed by atoms with Crippen molar-refractivity contribution < 1.29 is 32.3 Å². The van der Waals surface area contributed by atoms with Crippen LogP contribution in [0.4, 0.5) is 29.1 Å². The number of hydrogen-bond acceptors (Lipinski definition) is 5. The monoisotopic (exact) mass is 528 g/mol. The van der Waals surface area contributed by atoms with Crippen molar-refractivity contribution in [3.05, 3.63) is 88.4 Å². The average molecular weight is 529 g/mol. The van der Waals surface area contributed by atoms with Gasteiger partial charge in [-0.25, -0.2) is 14.2 Å². The highest BCUT2D eigenvalue weighted by atomic mass is 19.4. The number of aryl methyl sites for hydroxylation is 1. The maximum atomic E-state index is 13.5. The van der Waals surface area contributed by atoms with Crippen molar-refractivity contribution in [1.29, 1.82) is 0 Å². The quantitative estimate of drug-likeness (QED) is 0.375. The molecule has 5 rings (SSSR count). The second-order valence-corrected chi connectivity index (χ2v) is 9.72. The van der Waals surface area contributed by atoms with Crippen LogP contribution in [0, 0.1) is 12.7 Å². The Morgan fingerprint density at radius 1 is 1.08 bits per heavy atom. The van der Waals surface area contributed by atoms with Crippen LogP contribution >= 0.6 is 0 Å². The lowest BCUT2D eigenvalue weighted by molar-refractivity contribution is -0.137. The van der Waals surface area contributed by atoms with Crippen LogP contribution in [-0.2, 0) is 11.7 Å². The van der Waals surface area contributed by atoms with E-state index < -0.39 is 29.2 Å². The van der Waals surface area contributed by atoms with Gasteiger partial charge in [0.25, 0.3) is 5.91 Å². The number of aromatic nitrogens is 1. The van der Waals surface area contributed by atoms with E-state index in [-0.39, 0.29) is 28.8 Å². The van der Waals surface area contributed by atoms with Gasteiger partial charge in [-0.3, -0.25) is 4.79 Å². The number of carboxylic acids is 1. The molecule has 0 spiro atoms. The summed E-state index contributed by atoms with van der Waals surface area (Å²) in [5.74, 6) is -1.98. The molecule has 3 N–H and O–H groups in total. The maximum Gasteiger partial charge on any atom is 0.417 e. The molecule has 0 atom stereocenters. The Morgan fingerprint density at radius 2 is 1.76 bits per heavy atom. The van der Waals surface area contributed by atoms with Gasteiger partial charge in [-0.2, -0.15) is 13.2 Å². The number of hydrogen-bond donors (Lipinski definition) is 3. The maximum absolute atomic E-state index is 13.5. The summed E-state index contributed by atoms with van der Waals surface area (Å²) in [6, 6.07) is 11.2. The SMILES string of the molecule is Cc1cc(F)ccc1NC1CN(c2ncc(C(F)(F)F)cc2C(=O)NC2(c3ccc(C(=O)O)cc3)CC2)C1. The minimum absolute atomic E-state index is 0.0679. The van der Waals surface area contributed by atoms with E-state index >= 15 is 0 Å². The third-order valence-electron chi connectivity index (χ3n) is 6.96. The summed E-state index contributed by atoms with van der Waals surface area (Å²) >= 11 is 0. The first kappa shape index (κ1) is 25.5. The molecule has 2 heterocycles. The van der Waals surface area contributed by atoms with Crippen molar-refractivity contribution in [2.24, 2.45) is 0 Å². The van der Waals surface area contributed by atoms with E-state index in [9.17, 15) is 27.2 Å². The average Bonchev–Trinajstić information content (AvgIpc) is 3.62. The van der Waals surface area contributed by atoms with Crippen LogP contribution in [0.5, 0.6) is 0 Å². The fourth-order valence-corrected chi connectivity index (χ4v) is 4.61. The normalized spacial score (nSPS) is 16.5. The smallest absolute Gasteiger partial charge is 0.417 e. The van der Waals surface area contributed by atoms with Gasteiger partial charge >= 0.3 is 12.1 Å². The molecule has 0 unspecified atom stereocenters. The Labute approximate surface area is 215 Å². The summed E-state index contributed by atoms with van der Waals surface area (Å²) in [5, 5.41) is 15.3. The molecule has 2 aromatic carbocycles. The number of nitrogens with one attached hydrogen (secondary N) is 2. The van der Waals surface area contributed by atoms with E-state index in [1.807, 2.05) is 0 Å². The van der Waals surface area contributed by atoms with Gasteiger partial charge in [-0.15, -0.1) is 0 Å². The van der Waals surface area contributed by atoms with Gasteiger partial charge in [0, 0.05) is 25.0 Å². The number of halogens is 4. The molecular formula is C27H24F4N4O3. The van der Waals surface area contributed by atoms with Crippen molar-refractivity contribution in [3.63, 3.8) is 0 Å². The molecule has 1 aliphatic carbocycles. The number of benzene rings is 2. The number of pyridine rings is 1. The highest BCUT2D eigenvalue weighted by Gasteiger charge is 2.46. The fourth-order valence-electron chi connectivity index (χ4n) is 4.61. The molecule has 0 bridgehead atoms. The third kappa shape index (κ3) is 5.00. The predicted molar refractivity (Wildman–Crippen MR) is 132 cm³/mol. The van der Waals surface area contributed by atoms with Crippen LogP contribution in [0.2, 0.25) is 0 Å². The van der Waals surface area contributed by atoms with E-state index in [1.165, 1.54) is 24.3 Å². The molecule has 1 amide bonds. The number of nitrogens with zero attached hydrogens (tertiary/aromatic N) is 2. The van der Waals surface area contributed by atoms with Crippen LogP contribution in [0.25, 0.3) is 0 Å². The minimum atomic E-state index is -4.68. The molecule has 1 aliphatic heterocycles. The zero-order valence-electron chi connectivity index (χ0n) is 20.3. The fraction of sp³-hybridized carbons (Fsp3) is 0.296. The highest BCUT2D eigenvalue weighted by molar-refractivity contribution is 6.00. The second-order valence-electron chi connectivity index (χ2n) is 9.72. The number of aromatic carboxylic acids is 1. The standard InChI is InChI=1S/C27H24F4N4O3/c1-15-10-19(28)6-7-22(15)33-20-13-35(14-20)23-21(11-18(12-32-23)27(29,30)31)24(36)34-26(8-9-26)17-4-2-16(3-5-17)25(37)38/h2-7,10-12,20,33H,8-9,13-14H2,1H3,(H,34,36)(H,37,38). The Morgan fingerprint density at radius 3 is 2.34 bits per heavy atom. The minimum Gasteiger partial charge on any atom is -0.478 e. The molecular weight excluding hydrogens is 504 g/mol. The number of carbonyl (C=O) groups is 2. The topological polar surface area (TPSA) is 94.6 Å². The summed E-state index contributed by atoms with van der Waals surface area (Å²) in [4.78, 5) is 30.2. The molecule has 2 fully saturated rings. The van der Waals surface area contributed by atoms with Gasteiger partial charge < -0.3 is 20.6 Å². The van der Waals surface area contributed by atoms with Crippen LogP contribution < -0.4 is 15.5 Å². The highest BCUT2D eigenvalue weighted by Crippen LogP contribution is 2.46. The summed E-state index contributed by atoms with van der Waals surface area (Å²) in [6.45, 7) is 2.54. The molecule has 2 aliphatic rings. The largest absolute Gasteiger partial charge is 0.478 e. The first-order valence-electron chi connectivity index (χ1n) is 12.0. The van der Waals surface area contributed by atoms with Crippen molar-refractivity contribution in [3.8, 4) is 0 Å². The molecule has 38 heavy (non-hydrogen) atoms. The Balaban J connectivity index is 1.36. The van der Waals surface area contributed by atoms with E-state index in [0.29, 0.717) is 37.7 Å². The number of anilines is 2. The second kappa shape index (κ2) is 9.30. The van der Waals surface area contributed by atoms with Gasteiger partial charge in [-0.05, 0) is 67.3 Å². The Kier molecular flexibility index (Phi) is 6.24. The van der Waals surface area contributed by atoms with Gasteiger partial charge in [0.05, 0.1) is 28.3 Å². The van der Waals surface area contributed by atoms with E-state index in [0.717, 1.165) is 17.3 Å². The lowest BCUT2D eigenvalue weighted by Crippen LogP contribution is -2.56. The van der Waals surface area contributed by atoms with Gasteiger partial charge in [0.2, 0.25) is 0 Å². The van der Waals surface area contributed by atoms with Crippen LogP contribution in [0.1, 0.15) is 50.2 Å². The third-order valence-corrected chi connectivity index (χ3v) is 6.96.